The van der Waals surface area contributed by atoms with Gasteiger partial charge in [0.05, 0.1) is 24.2 Å². The summed E-state index contributed by atoms with van der Waals surface area (Å²) < 4.78 is 26.1. The fourth-order valence-corrected chi connectivity index (χ4v) is 5.50. The summed E-state index contributed by atoms with van der Waals surface area (Å²) in [5.74, 6) is 0.333. The largest absolute Gasteiger partial charge is 0.493 e. The van der Waals surface area contributed by atoms with Crippen LogP contribution in [-0.2, 0) is 4.79 Å². The zero-order chi connectivity index (χ0) is 28.9. The van der Waals surface area contributed by atoms with Crippen molar-refractivity contribution >= 4 is 56.2 Å². The van der Waals surface area contributed by atoms with Gasteiger partial charge in [-0.05, 0) is 71.2 Å². The zero-order valence-electron chi connectivity index (χ0n) is 22.2. The molecule has 0 spiro atoms. The lowest BCUT2D eigenvalue weighted by atomic mass is 9.88. The Bertz CT molecular complexity index is 1670. The predicted molar refractivity (Wildman–Crippen MR) is 161 cm³/mol. The number of anilines is 1. The van der Waals surface area contributed by atoms with E-state index >= 15 is 0 Å². The van der Waals surface area contributed by atoms with Gasteiger partial charge in [0.1, 0.15) is 16.7 Å². The van der Waals surface area contributed by atoms with Crippen LogP contribution < -0.4 is 20.3 Å². The smallest absolute Gasteiger partial charge is 0.282 e. The molecule has 1 heterocycles. The molecule has 8 nitrogen and oxygen atoms in total. The highest BCUT2D eigenvalue weighted by molar-refractivity contribution is 9.10. The number of hydrogen-bond acceptors (Lipinski definition) is 6. The van der Waals surface area contributed by atoms with Gasteiger partial charge in [0.15, 0.2) is 18.1 Å². The molecule has 4 aromatic rings. The fourth-order valence-electron chi connectivity index (χ4n) is 4.85. The van der Waals surface area contributed by atoms with Crippen LogP contribution >= 0.6 is 27.5 Å². The van der Waals surface area contributed by atoms with Crippen molar-refractivity contribution < 1.29 is 18.7 Å². The molecule has 1 aliphatic rings. The van der Waals surface area contributed by atoms with Crippen LogP contribution in [0.15, 0.2) is 69.0 Å². The number of carbonyl (C=O) groups excluding carboxylic acids is 1. The molecule has 212 valence electrons. The number of para-hydroxylation sites is 1. The number of nitrogens with zero attached hydrogens (tertiary/aromatic N) is 3. The maximum Gasteiger partial charge on any atom is 0.282 e. The van der Waals surface area contributed by atoms with E-state index in [1.54, 1.807) is 18.2 Å². The summed E-state index contributed by atoms with van der Waals surface area (Å²) in [6.45, 7) is -0.365. The maximum absolute atomic E-state index is 13.5. The van der Waals surface area contributed by atoms with E-state index in [4.69, 9.17) is 26.1 Å². The summed E-state index contributed by atoms with van der Waals surface area (Å²) >= 11 is 10.1. The predicted octanol–water partition coefficient (Wildman–Crippen LogP) is 6.91. The summed E-state index contributed by atoms with van der Waals surface area (Å²) in [5.41, 5.74) is 1.37. The first-order chi connectivity index (χ1) is 19.9. The van der Waals surface area contributed by atoms with E-state index in [1.165, 1.54) is 48.7 Å². The van der Waals surface area contributed by atoms with Crippen LogP contribution in [0.2, 0.25) is 5.02 Å². The fraction of sp³-hybridized carbons (Fsp3) is 0.267. The van der Waals surface area contributed by atoms with Crippen molar-refractivity contribution in [2.75, 3.05) is 19.0 Å². The number of aromatic nitrogens is 2. The number of amides is 1. The number of benzene rings is 3. The Morgan fingerprint density at radius 2 is 1.93 bits per heavy atom. The number of hydrogen-bond donors (Lipinski definition) is 1. The van der Waals surface area contributed by atoms with Gasteiger partial charge >= 0.3 is 0 Å². The highest BCUT2D eigenvalue weighted by Crippen LogP contribution is 2.42. The molecule has 0 bridgehead atoms. The highest BCUT2D eigenvalue weighted by Gasteiger charge is 2.23. The SMILES string of the molecule is COc1cc(C=Nn2c(C3CCCCC3)nc3ccccc3c2=O)c(Br)c(Cl)c1OCC(=O)Nc1ccc(F)cc1. The van der Waals surface area contributed by atoms with E-state index in [0.717, 1.165) is 25.7 Å². The van der Waals surface area contributed by atoms with Gasteiger partial charge in [0, 0.05) is 21.6 Å². The Morgan fingerprint density at radius 1 is 1.20 bits per heavy atom. The van der Waals surface area contributed by atoms with E-state index in [1.807, 2.05) is 12.1 Å². The molecule has 1 aliphatic carbocycles. The molecule has 0 aliphatic heterocycles. The van der Waals surface area contributed by atoms with Gasteiger partial charge in [-0.15, -0.1) is 0 Å². The van der Waals surface area contributed by atoms with Gasteiger partial charge in [-0.2, -0.15) is 9.78 Å². The molecule has 1 aromatic heterocycles. The van der Waals surface area contributed by atoms with E-state index in [2.05, 4.69) is 26.3 Å². The molecule has 3 aromatic carbocycles. The summed E-state index contributed by atoms with van der Waals surface area (Å²) in [4.78, 5) is 30.7. The summed E-state index contributed by atoms with van der Waals surface area (Å²) in [7, 11) is 1.45. The molecule has 0 unspecified atom stereocenters. The van der Waals surface area contributed by atoms with Crippen molar-refractivity contribution in [1.29, 1.82) is 0 Å². The van der Waals surface area contributed by atoms with Crippen LogP contribution in [0, 0.1) is 5.82 Å². The summed E-state index contributed by atoms with van der Waals surface area (Å²) in [5, 5.41) is 7.85. The summed E-state index contributed by atoms with van der Waals surface area (Å²) in [6.07, 6.45) is 6.76. The molecule has 1 N–H and O–H groups in total. The molecule has 11 heteroatoms. The number of fused-ring (bicyclic) bond motifs is 1. The minimum absolute atomic E-state index is 0.136. The average molecular weight is 642 g/mol. The number of carbonyl (C=O) groups is 1. The van der Waals surface area contributed by atoms with Crippen molar-refractivity contribution in [3.8, 4) is 11.5 Å². The van der Waals surface area contributed by atoms with Gasteiger partial charge in [0.25, 0.3) is 11.5 Å². The third kappa shape index (κ3) is 6.44. The monoisotopic (exact) mass is 640 g/mol. The Labute approximate surface area is 249 Å². The van der Waals surface area contributed by atoms with Gasteiger partial charge in [-0.25, -0.2) is 9.37 Å². The second-order valence-electron chi connectivity index (χ2n) is 9.65. The lowest BCUT2D eigenvalue weighted by Crippen LogP contribution is -2.25. The molecule has 0 atom stereocenters. The van der Waals surface area contributed by atoms with Gasteiger partial charge in [-0.1, -0.05) is 43.0 Å². The van der Waals surface area contributed by atoms with Crippen LogP contribution in [0.1, 0.15) is 49.4 Å². The normalized spacial score (nSPS) is 14.0. The minimum Gasteiger partial charge on any atom is -0.493 e. The number of halogens is 3. The van der Waals surface area contributed by atoms with Crippen molar-refractivity contribution in [1.82, 2.24) is 9.66 Å². The number of methoxy groups -OCH3 is 1. The molecule has 5 rings (SSSR count). The first-order valence-electron chi connectivity index (χ1n) is 13.2. The lowest BCUT2D eigenvalue weighted by Gasteiger charge is -2.22. The molecule has 1 saturated carbocycles. The number of rotatable bonds is 8. The first kappa shape index (κ1) is 28.8. The van der Waals surface area contributed by atoms with E-state index in [9.17, 15) is 14.0 Å². The summed E-state index contributed by atoms with van der Waals surface area (Å²) in [6, 6.07) is 14.3. The molecule has 0 saturated heterocycles. The van der Waals surface area contributed by atoms with Crippen molar-refractivity contribution in [2.24, 2.45) is 5.10 Å². The minimum atomic E-state index is -0.463. The van der Waals surface area contributed by atoms with Crippen LogP contribution in [0.3, 0.4) is 0 Å². The standard InChI is InChI=1S/C30H27BrClFN4O4/c1-40-24-15-19(26(31)27(32)28(24)41-17-25(38)35-21-13-11-20(33)12-14-21)16-34-37-29(18-7-3-2-4-8-18)36-23-10-6-5-9-22(23)30(37)39/h5-6,9-16,18H,2-4,7-8,17H2,1H3,(H,35,38). The quantitative estimate of drug-likeness (QED) is 0.211. The number of ether oxygens (including phenoxy) is 2. The second-order valence-corrected chi connectivity index (χ2v) is 10.8. The molecule has 1 fully saturated rings. The number of nitrogens with one attached hydrogen (secondary N) is 1. The van der Waals surface area contributed by atoms with Crippen LogP contribution in [-0.4, -0.2) is 35.5 Å². The molecule has 0 radical (unpaired) electrons. The van der Waals surface area contributed by atoms with Crippen LogP contribution in [0.5, 0.6) is 11.5 Å². The maximum atomic E-state index is 13.5. The van der Waals surface area contributed by atoms with Gasteiger partial charge in [-0.3, -0.25) is 9.59 Å². The highest BCUT2D eigenvalue weighted by atomic mass is 79.9. The lowest BCUT2D eigenvalue weighted by molar-refractivity contribution is -0.118. The first-order valence-corrected chi connectivity index (χ1v) is 14.3. The zero-order valence-corrected chi connectivity index (χ0v) is 24.5. The van der Waals surface area contributed by atoms with Crippen LogP contribution in [0.4, 0.5) is 10.1 Å². The topological polar surface area (TPSA) is 94.8 Å². The van der Waals surface area contributed by atoms with Crippen molar-refractivity contribution in [3.63, 3.8) is 0 Å². The average Bonchev–Trinajstić information content (AvgIpc) is 2.99. The Balaban J connectivity index is 1.43. The Kier molecular flexibility index (Phi) is 8.99. The van der Waals surface area contributed by atoms with Gasteiger partial charge < -0.3 is 14.8 Å². The van der Waals surface area contributed by atoms with E-state index in [-0.39, 0.29) is 34.6 Å². The van der Waals surface area contributed by atoms with E-state index in [0.29, 0.717) is 32.5 Å². The molecule has 41 heavy (non-hydrogen) atoms. The molecule has 1 amide bonds. The van der Waals surface area contributed by atoms with Crippen molar-refractivity contribution in [2.45, 2.75) is 38.0 Å². The van der Waals surface area contributed by atoms with Crippen molar-refractivity contribution in [3.05, 3.63) is 91.7 Å². The van der Waals surface area contributed by atoms with Gasteiger partial charge in [0.2, 0.25) is 0 Å². The second kappa shape index (κ2) is 12.8. The van der Waals surface area contributed by atoms with E-state index < -0.39 is 11.7 Å². The Morgan fingerprint density at radius 3 is 2.66 bits per heavy atom. The van der Waals surface area contributed by atoms with Crippen LogP contribution in [0.25, 0.3) is 10.9 Å². The molecular weight excluding hydrogens is 615 g/mol. The molecular formula is C30H27BrClFN4O4. The Hall–Kier alpha value is -3.76. The third-order valence-corrected chi connectivity index (χ3v) is 8.36. The third-order valence-electron chi connectivity index (χ3n) is 6.91.